The maximum atomic E-state index is 12.1. The van der Waals surface area contributed by atoms with E-state index in [0.717, 1.165) is 10.0 Å². The van der Waals surface area contributed by atoms with Crippen LogP contribution in [0.5, 0.6) is 0 Å². The van der Waals surface area contributed by atoms with Gasteiger partial charge in [0.2, 0.25) is 0 Å². The molecule has 1 aromatic heterocycles. The van der Waals surface area contributed by atoms with E-state index in [1.807, 2.05) is 19.1 Å². The van der Waals surface area contributed by atoms with Crippen molar-refractivity contribution in [3.63, 3.8) is 0 Å². The third-order valence-corrected chi connectivity index (χ3v) is 2.98. The molecule has 0 aliphatic heterocycles. The summed E-state index contributed by atoms with van der Waals surface area (Å²) in [6.07, 6.45) is 1.53. The Labute approximate surface area is 113 Å². The van der Waals surface area contributed by atoms with Crippen molar-refractivity contribution in [3.05, 3.63) is 52.1 Å². The van der Waals surface area contributed by atoms with Gasteiger partial charge in [0.25, 0.3) is 5.91 Å². The Morgan fingerprint density at radius 3 is 2.78 bits per heavy atom. The molecule has 0 unspecified atom stereocenters. The fourth-order valence-corrected chi connectivity index (χ4v) is 1.88. The molecule has 1 aromatic carbocycles. The van der Waals surface area contributed by atoms with Crippen LogP contribution in [0.3, 0.4) is 0 Å². The zero-order valence-corrected chi connectivity index (χ0v) is 11.4. The molecule has 0 fully saturated rings. The van der Waals surface area contributed by atoms with Crippen LogP contribution in [0.1, 0.15) is 15.9 Å². The summed E-state index contributed by atoms with van der Waals surface area (Å²) in [5, 5.41) is 2.78. The zero-order chi connectivity index (χ0) is 13.1. The molecule has 3 N–H and O–H groups in total. The Morgan fingerprint density at radius 1 is 1.33 bits per heavy atom. The van der Waals surface area contributed by atoms with Gasteiger partial charge in [-0.15, -0.1) is 0 Å². The van der Waals surface area contributed by atoms with Crippen LogP contribution in [0, 0.1) is 6.92 Å². The van der Waals surface area contributed by atoms with Crippen molar-refractivity contribution in [2.75, 3.05) is 11.1 Å². The monoisotopic (exact) mass is 305 g/mol. The number of benzene rings is 1. The summed E-state index contributed by atoms with van der Waals surface area (Å²) >= 11 is 3.35. The first-order chi connectivity index (χ1) is 8.56. The molecular formula is C13H12BrN3O. The highest BCUT2D eigenvalue weighted by atomic mass is 79.9. The Bertz CT molecular complexity index is 581. The number of nitrogens with two attached hydrogens (primary N) is 1. The van der Waals surface area contributed by atoms with Crippen LogP contribution in [0.25, 0.3) is 0 Å². The first-order valence-electron chi connectivity index (χ1n) is 5.35. The van der Waals surface area contributed by atoms with Gasteiger partial charge in [0.15, 0.2) is 0 Å². The average molecular weight is 306 g/mol. The van der Waals surface area contributed by atoms with Crippen LogP contribution in [0.15, 0.2) is 41.0 Å². The van der Waals surface area contributed by atoms with Gasteiger partial charge in [0, 0.05) is 10.0 Å². The minimum atomic E-state index is -0.166. The number of aromatic nitrogens is 1. The van der Waals surface area contributed by atoms with E-state index in [4.69, 9.17) is 5.73 Å². The summed E-state index contributed by atoms with van der Waals surface area (Å²) in [5.74, 6) is 0.256. The summed E-state index contributed by atoms with van der Waals surface area (Å²) in [4.78, 5) is 16.0. The molecule has 1 amide bonds. The lowest BCUT2D eigenvalue weighted by Crippen LogP contribution is -2.13. The van der Waals surface area contributed by atoms with E-state index in [2.05, 4.69) is 26.2 Å². The van der Waals surface area contributed by atoms with Crippen molar-refractivity contribution in [3.8, 4) is 0 Å². The number of anilines is 2. The summed E-state index contributed by atoms with van der Waals surface area (Å²) in [6, 6.07) is 8.93. The minimum absolute atomic E-state index is 0.166. The molecule has 0 atom stereocenters. The number of nitrogens with zero attached hydrogens (tertiary/aromatic N) is 1. The number of pyridine rings is 1. The highest BCUT2D eigenvalue weighted by molar-refractivity contribution is 9.10. The number of amides is 1. The van der Waals surface area contributed by atoms with E-state index in [0.29, 0.717) is 17.1 Å². The number of nitrogens with one attached hydrogen (secondary N) is 1. The maximum absolute atomic E-state index is 12.1. The molecule has 0 saturated heterocycles. The van der Waals surface area contributed by atoms with Crippen molar-refractivity contribution in [1.82, 2.24) is 4.98 Å². The quantitative estimate of drug-likeness (QED) is 0.896. The number of carbonyl (C=O) groups is 1. The van der Waals surface area contributed by atoms with Gasteiger partial charge >= 0.3 is 0 Å². The molecule has 0 aliphatic carbocycles. The smallest absolute Gasteiger partial charge is 0.256 e. The van der Waals surface area contributed by atoms with Crippen molar-refractivity contribution < 1.29 is 4.79 Å². The number of hydrogen-bond donors (Lipinski definition) is 2. The van der Waals surface area contributed by atoms with Crippen LogP contribution in [0.2, 0.25) is 0 Å². The molecule has 0 radical (unpaired) electrons. The number of rotatable bonds is 2. The van der Waals surface area contributed by atoms with Gasteiger partial charge in [0.1, 0.15) is 5.82 Å². The molecule has 18 heavy (non-hydrogen) atoms. The average Bonchev–Trinajstić information content (AvgIpc) is 2.35. The van der Waals surface area contributed by atoms with Crippen LogP contribution in [-0.2, 0) is 0 Å². The fourth-order valence-electron chi connectivity index (χ4n) is 1.52. The van der Waals surface area contributed by atoms with E-state index in [1.165, 1.54) is 6.20 Å². The topological polar surface area (TPSA) is 68.0 Å². The molecule has 1 heterocycles. The number of halogens is 1. The van der Waals surface area contributed by atoms with Gasteiger partial charge in [-0.1, -0.05) is 22.0 Å². The van der Waals surface area contributed by atoms with Gasteiger partial charge in [-0.2, -0.15) is 0 Å². The summed E-state index contributed by atoms with van der Waals surface area (Å²) in [7, 11) is 0. The molecule has 4 nitrogen and oxygen atoms in total. The van der Waals surface area contributed by atoms with E-state index in [1.54, 1.807) is 18.2 Å². The van der Waals surface area contributed by atoms with Gasteiger partial charge in [-0.3, -0.25) is 4.79 Å². The molecule has 0 spiro atoms. The van der Waals surface area contributed by atoms with E-state index in [9.17, 15) is 4.79 Å². The van der Waals surface area contributed by atoms with Crippen LogP contribution in [0.4, 0.5) is 11.5 Å². The second-order valence-corrected chi connectivity index (χ2v) is 4.80. The molecule has 2 aromatic rings. The summed E-state index contributed by atoms with van der Waals surface area (Å²) in [6.45, 7) is 1.89. The normalized spacial score (nSPS) is 10.1. The van der Waals surface area contributed by atoms with Gasteiger partial charge < -0.3 is 11.1 Å². The fraction of sp³-hybridized carbons (Fsp3) is 0.0769. The second-order valence-electron chi connectivity index (χ2n) is 3.89. The van der Waals surface area contributed by atoms with E-state index < -0.39 is 0 Å². The molecule has 92 valence electrons. The third kappa shape index (κ3) is 2.87. The van der Waals surface area contributed by atoms with Gasteiger partial charge in [-0.25, -0.2) is 4.98 Å². The number of hydrogen-bond acceptors (Lipinski definition) is 3. The van der Waals surface area contributed by atoms with Crippen LogP contribution < -0.4 is 11.1 Å². The third-order valence-electron chi connectivity index (χ3n) is 2.49. The number of nitrogen functional groups attached to an aromatic ring is 1. The predicted octanol–water partition coefficient (Wildman–Crippen LogP) is 2.99. The van der Waals surface area contributed by atoms with Crippen LogP contribution in [-0.4, -0.2) is 10.9 Å². The molecule has 0 aliphatic rings. The second kappa shape index (κ2) is 5.18. The number of carbonyl (C=O) groups excluding carboxylic acids is 1. The van der Waals surface area contributed by atoms with Gasteiger partial charge in [0.05, 0.1) is 11.9 Å². The molecule has 2 rings (SSSR count). The van der Waals surface area contributed by atoms with Crippen molar-refractivity contribution in [2.24, 2.45) is 0 Å². The standard InChI is InChI=1S/C13H12BrN3O/c1-8-2-3-9(14)6-11(8)13(18)17-10-4-5-12(15)16-7-10/h2-7H,1H3,(H2,15,16)(H,17,18). The first-order valence-corrected chi connectivity index (χ1v) is 6.14. The minimum Gasteiger partial charge on any atom is -0.384 e. The van der Waals surface area contributed by atoms with Crippen molar-refractivity contribution in [2.45, 2.75) is 6.92 Å². The maximum Gasteiger partial charge on any atom is 0.256 e. The zero-order valence-electron chi connectivity index (χ0n) is 9.77. The predicted molar refractivity (Wildman–Crippen MR) is 75.5 cm³/mol. The Balaban J connectivity index is 2.21. The Hall–Kier alpha value is -1.88. The molecule has 5 heteroatoms. The Morgan fingerprint density at radius 2 is 2.11 bits per heavy atom. The SMILES string of the molecule is Cc1ccc(Br)cc1C(=O)Nc1ccc(N)nc1. The summed E-state index contributed by atoms with van der Waals surface area (Å²) in [5.41, 5.74) is 7.64. The highest BCUT2D eigenvalue weighted by Gasteiger charge is 2.09. The van der Waals surface area contributed by atoms with Crippen molar-refractivity contribution >= 4 is 33.3 Å². The van der Waals surface area contributed by atoms with E-state index >= 15 is 0 Å². The highest BCUT2D eigenvalue weighted by Crippen LogP contribution is 2.17. The first kappa shape index (κ1) is 12.6. The summed E-state index contributed by atoms with van der Waals surface area (Å²) < 4.78 is 0.869. The van der Waals surface area contributed by atoms with Crippen LogP contribution >= 0.6 is 15.9 Å². The molecular weight excluding hydrogens is 294 g/mol. The van der Waals surface area contributed by atoms with E-state index in [-0.39, 0.29) is 5.91 Å². The lowest BCUT2D eigenvalue weighted by Gasteiger charge is -2.08. The van der Waals surface area contributed by atoms with Crippen molar-refractivity contribution in [1.29, 1.82) is 0 Å². The lowest BCUT2D eigenvalue weighted by molar-refractivity contribution is 0.102. The Kier molecular flexibility index (Phi) is 3.62. The largest absolute Gasteiger partial charge is 0.384 e. The molecule has 0 saturated carbocycles. The van der Waals surface area contributed by atoms with Gasteiger partial charge in [-0.05, 0) is 36.8 Å². The molecule has 0 bridgehead atoms. The number of aryl methyl sites for hydroxylation is 1. The lowest BCUT2D eigenvalue weighted by atomic mass is 10.1.